The van der Waals surface area contributed by atoms with Gasteiger partial charge in [-0.2, -0.15) is 0 Å². The lowest BCUT2D eigenvalue weighted by molar-refractivity contribution is -0.142. The van der Waals surface area contributed by atoms with Gasteiger partial charge in [0.25, 0.3) is 0 Å². The van der Waals surface area contributed by atoms with Crippen LogP contribution in [0, 0.1) is 0 Å². The van der Waals surface area contributed by atoms with Crippen molar-refractivity contribution in [2.75, 3.05) is 31.7 Å². The molecule has 0 heterocycles. The minimum atomic E-state index is -0.539. The van der Waals surface area contributed by atoms with Crippen molar-refractivity contribution in [2.45, 2.75) is 6.92 Å². The number of benzene rings is 1. The van der Waals surface area contributed by atoms with E-state index in [1.807, 2.05) is 0 Å². The van der Waals surface area contributed by atoms with Gasteiger partial charge in [0.1, 0.15) is 18.8 Å². The molecule has 112 valence electrons. The fraction of sp³-hybridized carbons (Fsp3) is 0.385. The molecule has 1 rings (SSSR count). The van der Waals surface area contributed by atoms with Crippen LogP contribution in [0.4, 0.5) is 5.69 Å². The SMILES string of the molecule is CCOC(=O)CN(C(=O)CN=[N+]=[N-])c1ccc(OC)cc1. The molecule has 8 heteroatoms. The van der Waals surface area contributed by atoms with E-state index in [2.05, 4.69) is 10.0 Å². The van der Waals surface area contributed by atoms with Crippen molar-refractivity contribution in [3.8, 4) is 5.75 Å². The van der Waals surface area contributed by atoms with E-state index < -0.39 is 11.9 Å². The average Bonchev–Trinajstić information content (AvgIpc) is 2.50. The largest absolute Gasteiger partial charge is 0.497 e. The predicted molar refractivity (Wildman–Crippen MR) is 76.0 cm³/mol. The van der Waals surface area contributed by atoms with Gasteiger partial charge < -0.3 is 14.4 Å². The second-order valence-corrected chi connectivity index (χ2v) is 3.87. The summed E-state index contributed by atoms with van der Waals surface area (Å²) in [6, 6.07) is 6.58. The Balaban J connectivity index is 2.95. The molecular formula is C13H16N4O4. The Morgan fingerprint density at radius 2 is 2.00 bits per heavy atom. The van der Waals surface area contributed by atoms with E-state index in [0.29, 0.717) is 11.4 Å². The number of anilines is 1. The van der Waals surface area contributed by atoms with Gasteiger partial charge in [-0.15, -0.1) is 0 Å². The number of rotatable bonds is 7. The van der Waals surface area contributed by atoms with Gasteiger partial charge in [-0.1, -0.05) is 5.11 Å². The molecule has 0 spiro atoms. The zero-order chi connectivity index (χ0) is 15.7. The molecule has 0 aliphatic heterocycles. The Morgan fingerprint density at radius 3 is 2.52 bits per heavy atom. The van der Waals surface area contributed by atoms with Crippen LogP contribution >= 0.6 is 0 Å². The molecule has 0 atom stereocenters. The van der Waals surface area contributed by atoms with Gasteiger partial charge in [-0.3, -0.25) is 9.59 Å². The normalized spacial score (nSPS) is 9.43. The molecule has 0 aliphatic carbocycles. The Bertz CT molecular complexity index is 538. The van der Waals surface area contributed by atoms with Crippen molar-refractivity contribution >= 4 is 17.6 Å². The molecule has 0 fully saturated rings. The fourth-order valence-electron chi connectivity index (χ4n) is 1.60. The summed E-state index contributed by atoms with van der Waals surface area (Å²) in [5.74, 6) is -0.411. The third kappa shape index (κ3) is 5.04. The molecule has 0 aliphatic rings. The third-order valence-electron chi connectivity index (χ3n) is 2.55. The molecule has 1 amide bonds. The Kier molecular flexibility index (Phi) is 6.56. The summed E-state index contributed by atoms with van der Waals surface area (Å²) in [6.45, 7) is 1.28. The number of carbonyl (C=O) groups is 2. The highest BCUT2D eigenvalue weighted by Gasteiger charge is 2.19. The molecule has 0 aromatic heterocycles. The standard InChI is InChI=1S/C13H16N4O4/c1-3-21-13(19)9-17(12(18)8-15-16-14)10-4-6-11(20-2)7-5-10/h4-7H,3,8-9H2,1-2H3. The monoisotopic (exact) mass is 292 g/mol. The van der Waals surface area contributed by atoms with Crippen molar-refractivity contribution in [2.24, 2.45) is 5.11 Å². The van der Waals surface area contributed by atoms with Crippen LogP contribution in [0.3, 0.4) is 0 Å². The second-order valence-electron chi connectivity index (χ2n) is 3.87. The molecule has 0 saturated heterocycles. The minimum Gasteiger partial charge on any atom is -0.497 e. The molecule has 0 radical (unpaired) electrons. The first-order valence-electron chi connectivity index (χ1n) is 6.23. The topological polar surface area (TPSA) is 105 Å². The number of azide groups is 1. The van der Waals surface area contributed by atoms with Crippen LogP contribution in [0.2, 0.25) is 0 Å². The Labute approximate surface area is 121 Å². The zero-order valence-corrected chi connectivity index (χ0v) is 11.9. The van der Waals surface area contributed by atoms with Crippen molar-refractivity contribution in [3.05, 3.63) is 34.7 Å². The molecule has 21 heavy (non-hydrogen) atoms. The number of amides is 1. The first-order chi connectivity index (χ1) is 10.1. The lowest BCUT2D eigenvalue weighted by atomic mass is 10.2. The maximum absolute atomic E-state index is 12.0. The molecule has 0 bridgehead atoms. The van der Waals surface area contributed by atoms with Crippen molar-refractivity contribution < 1.29 is 19.1 Å². The molecule has 0 unspecified atom stereocenters. The van der Waals surface area contributed by atoms with Crippen molar-refractivity contribution in [3.63, 3.8) is 0 Å². The van der Waals surface area contributed by atoms with Gasteiger partial charge in [-0.05, 0) is 36.7 Å². The zero-order valence-electron chi connectivity index (χ0n) is 11.9. The summed E-state index contributed by atoms with van der Waals surface area (Å²) in [7, 11) is 1.53. The minimum absolute atomic E-state index is 0.222. The van der Waals surface area contributed by atoms with Crippen molar-refractivity contribution in [1.29, 1.82) is 0 Å². The number of methoxy groups -OCH3 is 1. The Hall–Kier alpha value is -2.73. The number of ether oxygens (including phenoxy) is 2. The van der Waals surface area contributed by atoms with Crippen LogP contribution in [-0.4, -0.2) is 38.7 Å². The van der Waals surface area contributed by atoms with Gasteiger partial charge in [0.15, 0.2) is 0 Å². The number of hydrogen-bond donors (Lipinski definition) is 0. The van der Waals surface area contributed by atoms with Crippen LogP contribution < -0.4 is 9.64 Å². The van der Waals surface area contributed by atoms with Gasteiger partial charge in [-0.25, -0.2) is 0 Å². The van der Waals surface area contributed by atoms with Crippen LogP contribution in [-0.2, 0) is 14.3 Å². The van der Waals surface area contributed by atoms with E-state index >= 15 is 0 Å². The highest BCUT2D eigenvalue weighted by Crippen LogP contribution is 2.19. The molecule has 1 aromatic carbocycles. The first kappa shape index (κ1) is 16.3. The maximum atomic E-state index is 12.0. The van der Waals surface area contributed by atoms with Crippen LogP contribution in [0.5, 0.6) is 5.75 Å². The van der Waals surface area contributed by atoms with Crippen LogP contribution in [0.1, 0.15) is 6.92 Å². The van der Waals surface area contributed by atoms with Gasteiger partial charge >= 0.3 is 5.97 Å². The van der Waals surface area contributed by atoms with E-state index in [1.165, 1.54) is 12.0 Å². The van der Waals surface area contributed by atoms with E-state index in [-0.39, 0.29) is 19.7 Å². The highest BCUT2D eigenvalue weighted by molar-refractivity contribution is 5.98. The van der Waals surface area contributed by atoms with Gasteiger partial charge in [0.2, 0.25) is 5.91 Å². The van der Waals surface area contributed by atoms with Crippen LogP contribution in [0.15, 0.2) is 29.4 Å². The highest BCUT2D eigenvalue weighted by atomic mass is 16.5. The second kappa shape index (κ2) is 8.44. The average molecular weight is 292 g/mol. The number of nitrogens with zero attached hydrogens (tertiary/aromatic N) is 4. The number of hydrogen-bond acceptors (Lipinski definition) is 5. The van der Waals surface area contributed by atoms with E-state index in [4.69, 9.17) is 15.0 Å². The third-order valence-corrected chi connectivity index (χ3v) is 2.55. The van der Waals surface area contributed by atoms with E-state index in [1.54, 1.807) is 31.2 Å². The fourth-order valence-corrected chi connectivity index (χ4v) is 1.60. The summed E-state index contributed by atoms with van der Waals surface area (Å²) in [4.78, 5) is 27.3. The summed E-state index contributed by atoms with van der Waals surface area (Å²) in [5.41, 5.74) is 8.77. The van der Waals surface area contributed by atoms with Gasteiger partial charge in [0.05, 0.1) is 13.7 Å². The Morgan fingerprint density at radius 1 is 1.33 bits per heavy atom. The van der Waals surface area contributed by atoms with Crippen molar-refractivity contribution in [1.82, 2.24) is 0 Å². The molecular weight excluding hydrogens is 276 g/mol. The number of esters is 1. The van der Waals surface area contributed by atoms with Gasteiger partial charge in [0, 0.05) is 10.6 Å². The maximum Gasteiger partial charge on any atom is 0.326 e. The first-order valence-corrected chi connectivity index (χ1v) is 6.23. The summed E-state index contributed by atoms with van der Waals surface area (Å²) >= 11 is 0. The quantitative estimate of drug-likeness (QED) is 0.331. The number of carbonyl (C=O) groups excluding carboxylic acids is 2. The summed E-state index contributed by atoms with van der Waals surface area (Å²) in [5, 5.41) is 3.22. The van der Waals surface area contributed by atoms with E-state index in [0.717, 1.165) is 0 Å². The summed E-state index contributed by atoms with van der Waals surface area (Å²) < 4.78 is 9.86. The van der Waals surface area contributed by atoms with E-state index in [9.17, 15) is 9.59 Å². The summed E-state index contributed by atoms with van der Waals surface area (Å²) in [6.07, 6.45) is 0. The predicted octanol–water partition coefficient (Wildman–Crippen LogP) is 1.90. The molecule has 0 N–H and O–H groups in total. The lowest BCUT2D eigenvalue weighted by Crippen LogP contribution is -2.37. The van der Waals surface area contributed by atoms with Crippen LogP contribution in [0.25, 0.3) is 10.4 Å². The molecule has 0 saturated carbocycles. The molecule has 8 nitrogen and oxygen atoms in total. The lowest BCUT2D eigenvalue weighted by Gasteiger charge is -2.21. The smallest absolute Gasteiger partial charge is 0.326 e. The molecule has 1 aromatic rings.